The summed E-state index contributed by atoms with van der Waals surface area (Å²) in [6.45, 7) is 1.08. The van der Waals surface area contributed by atoms with E-state index < -0.39 is 0 Å². The molecule has 2 aromatic carbocycles. The van der Waals surface area contributed by atoms with Crippen molar-refractivity contribution >= 4 is 6.03 Å². The fourth-order valence-electron chi connectivity index (χ4n) is 2.78. The van der Waals surface area contributed by atoms with Gasteiger partial charge in [0, 0.05) is 26.3 Å². The molecule has 0 aliphatic heterocycles. The summed E-state index contributed by atoms with van der Waals surface area (Å²) >= 11 is 0. The van der Waals surface area contributed by atoms with Gasteiger partial charge in [-0.25, -0.2) is 9.48 Å². The molecule has 27 heavy (non-hydrogen) atoms. The van der Waals surface area contributed by atoms with Crippen LogP contribution in [0.1, 0.15) is 11.1 Å². The van der Waals surface area contributed by atoms with Crippen LogP contribution in [0.3, 0.4) is 0 Å². The van der Waals surface area contributed by atoms with Gasteiger partial charge in [-0.1, -0.05) is 30.3 Å². The van der Waals surface area contributed by atoms with E-state index in [0.717, 1.165) is 29.0 Å². The SMILES string of the molecule is COc1cccc(CN(C)C(=O)NCCc2cnn(-c3ccccc3)c2)c1. The third-order valence-electron chi connectivity index (χ3n) is 4.25. The van der Waals surface area contributed by atoms with Crippen molar-refractivity contribution in [2.75, 3.05) is 20.7 Å². The number of hydrogen-bond acceptors (Lipinski definition) is 3. The van der Waals surface area contributed by atoms with E-state index >= 15 is 0 Å². The number of hydrogen-bond donors (Lipinski definition) is 1. The maximum absolute atomic E-state index is 12.3. The number of ether oxygens (including phenoxy) is 1. The highest BCUT2D eigenvalue weighted by atomic mass is 16.5. The van der Waals surface area contributed by atoms with Gasteiger partial charge in [0.05, 0.1) is 19.0 Å². The molecular formula is C21H24N4O2. The Hall–Kier alpha value is -3.28. The lowest BCUT2D eigenvalue weighted by Gasteiger charge is -2.18. The van der Waals surface area contributed by atoms with Gasteiger partial charge in [0.25, 0.3) is 0 Å². The minimum absolute atomic E-state index is 0.103. The van der Waals surface area contributed by atoms with Crippen molar-refractivity contribution in [3.05, 3.63) is 78.1 Å². The maximum atomic E-state index is 12.3. The first-order chi connectivity index (χ1) is 13.2. The van der Waals surface area contributed by atoms with Gasteiger partial charge in [-0.2, -0.15) is 5.10 Å². The second-order valence-electron chi connectivity index (χ2n) is 6.32. The van der Waals surface area contributed by atoms with Crippen molar-refractivity contribution < 1.29 is 9.53 Å². The lowest BCUT2D eigenvalue weighted by molar-refractivity contribution is 0.207. The molecule has 0 fully saturated rings. The second-order valence-corrected chi connectivity index (χ2v) is 6.32. The Morgan fingerprint density at radius 2 is 1.96 bits per heavy atom. The van der Waals surface area contributed by atoms with Gasteiger partial charge in [-0.3, -0.25) is 0 Å². The molecule has 1 aromatic heterocycles. The Balaban J connectivity index is 1.47. The number of para-hydroxylation sites is 1. The fraction of sp³-hybridized carbons (Fsp3) is 0.238. The van der Waals surface area contributed by atoms with Crippen molar-refractivity contribution in [3.8, 4) is 11.4 Å². The third-order valence-corrected chi connectivity index (χ3v) is 4.25. The van der Waals surface area contributed by atoms with Crippen LogP contribution in [0, 0.1) is 0 Å². The highest BCUT2D eigenvalue weighted by Crippen LogP contribution is 2.14. The molecule has 0 unspecified atom stereocenters. The quantitative estimate of drug-likeness (QED) is 0.700. The van der Waals surface area contributed by atoms with Gasteiger partial charge in [-0.15, -0.1) is 0 Å². The predicted molar refractivity (Wildman–Crippen MR) is 105 cm³/mol. The lowest BCUT2D eigenvalue weighted by Crippen LogP contribution is -2.37. The van der Waals surface area contributed by atoms with Crippen molar-refractivity contribution in [2.24, 2.45) is 0 Å². The van der Waals surface area contributed by atoms with E-state index in [1.165, 1.54) is 0 Å². The standard InChI is InChI=1S/C21H24N4O2/c1-24(15-17-7-6-10-20(13-17)27-2)21(26)22-12-11-18-14-23-25(16-18)19-8-4-3-5-9-19/h3-10,13-14,16H,11-12,15H2,1-2H3,(H,22,26). The Morgan fingerprint density at radius 1 is 1.15 bits per heavy atom. The molecule has 0 atom stereocenters. The van der Waals surface area contributed by atoms with Crippen LogP contribution in [0.25, 0.3) is 5.69 Å². The molecule has 0 saturated heterocycles. The molecule has 0 aliphatic rings. The average Bonchev–Trinajstić information content (AvgIpc) is 3.17. The lowest BCUT2D eigenvalue weighted by atomic mass is 10.2. The molecule has 1 N–H and O–H groups in total. The molecule has 3 rings (SSSR count). The monoisotopic (exact) mass is 364 g/mol. The Morgan fingerprint density at radius 3 is 2.74 bits per heavy atom. The molecule has 140 valence electrons. The van der Waals surface area contributed by atoms with E-state index in [4.69, 9.17) is 4.74 Å². The zero-order valence-electron chi connectivity index (χ0n) is 15.6. The van der Waals surface area contributed by atoms with E-state index in [1.54, 1.807) is 19.1 Å². The van der Waals surface area contributed by atoms with Gasteiger partial charge in [0.2, 0.25) is 0 Å². The molecule has 6 nitrogen and oxygen atoms in total. The van der Waals surface area contributed by atoms with E-state index in [9.17, 15) is 4.79 Å². The number of rotatable bonds is 7. The van der Waals surface area contributed by atoms with E-state index in [-0.39, 0.29) is 6.03 Å². The van der Waals surface area contributed by atoms with Gasteiger partial charge in [0.1, 0.15) is 5.75 Å². The molecule has 6 heteroatoms. The molecule has 0 spiro atoms. The minimum atomic E-state index is -0.103. The fourth-order valence-corrected chi connectivity index (χ4v) is 2.78. The Kier molecular flexibility index (Phi) is 6.10. The number of carbonyl (C=O) groups is 1. The minimum Gasteiger partial charge on any atom is -0.497 e. The number of benzene rings is 2. The summed E-state index contributed by atoms with van der Waals surface area (Å²) < 4.78 is 7.06. The summed E-state index contributed by atoms with van der Waals surface area (Å²) in [5, 5.41) is 7.32. The summed E-state index contributed by atoms with van der Waals surface area (Å²) in [6, 6.07) is 17.6. The van der Waals surface area contributed by atoms with Crippen LogP contribution in [-0.4, -0.2) is 41.4 Å². The molecule has 0 saturated carbocycles. The van der Waals surface area contributed by atoms with Crippen molar-refractivity contribution in [1.82, 2.24) is 20.0 Å². The van der Waals surface area contributed by atoms with Gasteiger partial charge in [0.15, 0.2) is 0 Å². The number of carbonyl (C=O) groups excluding carboxylic acids is 1. The van der Waals surface area contributed by atoms with Crippen LogP contribution >= 0.6 is 0 Å². The van der Waals surface area contributed by atoms with E-state index in [2.05, 4.69) is 10.4 Å². The number of nitrogens with one attached hydrogen (secondary N) is 1. The first-order valence-corrected chi connectivity index (χ1v) is 8.86. The Labute approximate surface area is 159 Å². The molecule has 1 heterocycles. The summed E-state index contributed by atoms with van der Waals surface area (Å²) in [6.07, 6.45) is 4.55. The van der Waals surface area contributed by atoms with Crippen LogP contribution in [0.15, 0.2) is 67.0 Å². The van der Waals surface area contributed by atoms with Gasteiger partial charge < -0.3 is 15.0 Å². The molecule has 0 aliphatic carbocycles. The topological polar surface area (TPSA) is 59.4 Å². The number of nitrogens with zero attached hydrogens (tertiary/aromatic N) is 3. The van der Waals surface area contributed by atoms with E-state index in [1.807, 2.05) is 71.7 Å². The third kappa shape index (κ3) is 5.10. The first kappa shape index (κ1) is 18.5. The van der Waals surface area contributed by atoms with Crippen LogP contribution in [0.2, 0.25) is 0 Å². The average molecular weight is 364 g/mol. The predicted octanol–water partition coefficient (Wildman–Crippen LogP) is 3.27. The highest BCUT2D eigenvalue weighted by Gasteiger charge is 2.09. The van der Waals surface area contributed by atoms with Crippen LogP contribution < -0.4 is 10.1 Å². The van der Waals surface area contributed by atoms with Crippen molar-refractivity contribution in [2.45, 2.75) is 13.0 Å². The molecule has 2 amide bonds. The number of amides is 2. The summed E-state index contributed by atoms with van der Waals surface area (Å²) in [5.74, 6) is 0.789. The summed E-state index contributed by atoms with van der Waals surface area (Å²) in [5.41, 5.74) is 3.12. The number of methoxy groups -OCH3 is 1. The smallest absolute Gasteiger partial charge is 0.317 e. The van der Waals surface area contributed by atoms with Crippen molar-refractivity contribution in [1.29, 1.82) is 0 Å². The van der Waals surface area contributed by atoms with Crippen LogP contribution in [0.4, 0.5) is 4.79 Å². The zero-order valence-corrected chi connectivity index (χ0v) is 15.6. The van der Waals surface area contributed by atoms with Gasteiger partial charge in [-0.05, 0) is 41.8 Å². The maximum Gasteiger partial charge on any atom is 0.317 e. The molecule has 3 aromatic rings. The largest absolute Gasteiger partial charge is 0.497 e. The van der Waals surface area contributed by atoms with E-state index in [0.29, 0.717) is 13.1 Å². The summed E-state index contributed by atoms with van der Waals surface area (Å²) in [7, 11) is 3.41. The normalized spacial score (nSPS) is 10.4. The zero-order chi connectivity index (χ0) is 19.1. The first-order valence-electron chi connectivity index (χ1n) is 8.86. The molecule has 0 radical (unpaired) electrons. The summed E-state index contributed by atoms with van der Waals surface area (Å²) in [4.78, 5) is 13.9. The van der Waals surface area contributed by atoms with Gasteiger partial charge >= 0.3 is 6.03 Å². The van der Waals surface area contributed by atoms with Crippen molar-refractivity contribution in [3.63, 3.8) is 0 Å². The number of urea groups is 1. The number of aromatic nitrogens is 2. The molecular weight excluding hydrogens is 340 g/mol. The second kappa shape index (κ2) is 8.89. The Bertz CT molecular complexity index is 877. The molecule has 0 bridgehead atoms. The van der Waals surface area contributed by atoms with Crippen LogP contribution in [0.5, 0.6) is 5.75 Å². The van der Waals surface area contributed by atoms with Crippen LogP contribution in [-0.2, 0) is 13.0 Å². The highest BCUT2D eigenvalue weighted by molar-refractivity contribution is 5.73.